The van der Waals surface area contributed by atoms with Crippen molar-refractivity contribution in [3.63, 3.8) is 0 Å². The minimum atomic E-state index is -0.134. The molecule has 1 rings (SSSR count). The second-order valence-corrected chi connectivity index (χ2v) is 3.57. The van der Waals surface area contributed by atoms with E-state index in [1.54, 1.807) is 6.07 Å². The number of hydrogen-bond acceptors (Lipinski definition) is 2. The molecule has 4 heteroatoms. The summed E-state index contributed by atoms with van der Waals surface area (Å²) in [6.45, 7) is 1.96. The number of halogens is 2. The van der Waals surface area contributed by atoms with Gasteiger partial charge in [-0.1, -0.05) is 36.2 Å². The van der Waals surface area contributed by atoms with Crippen LogP contribution >= 0.6 is 23.2 Å². The van der Waals surface area contributed by atoms with Gasteiger partial charge in [0, 0.05) is 6.04 Å². The Balaban J connectivity index is 3.18. The van der Waals surface area contributed by atoms with Crippen LogP contribution in [0, 0.1) is 0 Å². The largest absolute Gasteiger partial charge is 0.506 e. The van der Waals surface area contributed by atoms with E-state index in [1.807, 2.05) is 6.92 Å². The van der Waals surface area contributed by atoms with Crippen molar-refractivity contribution in [2.24, 2.45) is 5.73 Å². The minimum absolute atomic E-state index is 0.0151. The molecule has 2 nitrogen and oxygen atoms in total. The standard InChI is InChI=1S/C9H11Cl2NO/c1-2-6(12)5-3-4-7(13)9(11)8(5)10/h3-4,6,13H,2,12H2,1H3. The lowest BCUT2D eigenvalue weighted by molar-refractivity contribution is 0.475. The Hall–Kier alpha value is -0.440. The molecule has 0 amide bonds. The van der Waals surface area contributed by atoms with Gasteiger partial charge in [0.1, 0.15) is 10.8 Å². The number of benzene rings is 1. The van der Waals surface area contributed by atoms with Gasteiger partial charge < -0.3 is 10.8 Å². The predicted octanol–water partition coefficient (Wildman–Crippen LogP) is 3.11. The molecule has 0 aliphatic heterocycles. The van der Waals surface area contributed by atoms with Gasteiger partial charge in [0.15, 0.2) is 0 Å². The van der Waals surface area contributed by atoms with Crippen molar-refractivity contribution in [1.29, 1.82) is 0 Å². The summed E-state index contributed by atoms with van der Waals surface area (Å²) in [6, 6.07) is 3.06. The smallest absolute Gasteiger partial charge is 0.135 e. The average Bonchev–Trinajstić information content (AvgIpc) is 2.13. The maximum absolute atomic E-state index is 9.22. The highest BCUT2D eigenvalue weighted by Gasteiger charge is 2.13. The summed E-state index contributed by atoms with van der Waals surface area (Å²) in [5.41, 5.74) is 6.56. The van der Waals surface area contributed by atoms with Crippen LogP contribution in [0.4, 0.5) is 0 Å². The van der Waals surface area contributed by atoms with Crippen molar-refractivity contribution in [2.45, 2.75) is 19.4 Å². The molecule has 3 N–H and O–H groups in total. The maximum Gasteiger partial charge on any atom is 0.135 e. The van der Waals surface area contributed by atoms with Gasteiger partial charge in [-0.25, -0.2) is 0 Å². The Kier molecular flexibility index (Phi) is 3.42. The van der Waals surface area contributed by atoms with E-state index in [2.05, 4.69) is 0 Å². The number of hydrogen-bond donors (Lipinski definition) is 2. The SMILES string of the molecule is CCC(N)c1ccc(O)c(Cl)c1Cl. The number of rotatable bonds is 2. The van der Waals surface area contributed by atoms with Crippen LogP contribution in [0.1, 0.15) is 24.9 Å². The van der Waals surface area contributed by atoms with Crippen LogP contribution in [-0.4, -0.2) is 5.11 Å². The zero-order valence-corrected chi connectivity index (χ0v) is 8.73. The Morgan fingerprint density at radius 3 is 2.54 bits per heavy atom. The molecule has 1 aromatic rings. The number of nitrogens with two attached hydrogens (primary N) is 1. The van der Waals surface area contributed by atoms with E-state index >= 15 is 0 Å². The molecule has 0 spiro atoms. The normalized spacial score (nSPS) is 12.9. The highest BCUT2D eigenvalue weighted by atomic mass is 35.5. The topological polar surface area (TPSA) is 46.2 Å². The lowest BCUT2D eigenvalue weighted by Gasteiger charge is -2.12. The second-order valence-electron chi connectivity index (χ2n) is 2.82. The van der Waals surface area contributed by atoms with Crippen molar-refractivity contribution in [3.05, 3.63) is 27.7 Å². The van der Waals surface area contributed by atoms with Crippen molar-refractivity contribution < 1.29 is 5.11 Å². The fourth-order valence-electron chi connectivity index (χ4n) is 1.06. The van der Waals surface area contributed by atoms with Crippen LogP contribution < -0.4 is 5.73 Å². The second kappa shape index (κ2) is 4.18. The summed E-state index contributed by atoms with van der Waals surface area (Å²) in [5.74, 6) is -0.0151. The van der Waals surface area contributed by atoms with Crippen molar-refractivity contribution in [1.82, 2.24) is 0 Å². The zero-order chi connectivity index (χ0) is 10.0. The molecule has 13 heavy (non-hydrogen) atoms. The number of phenolic OH excluding ortho intramolecular Hbond substituents is 1. The summed E-state index contributed by atoms with van der Waals surface area (Å²) in [7, 11) is 0. The molecule has 1 unspecified atom stereocenters. The molecule has 0 aromatic heterocycles. The fourth-order valence-corrected chi connectivity index (χ4v) is 1.53. The third-order valence-corrected chi connectivity index (χ3v) is 2.82. The first-order valence-corrected chi connectivity index (χ1v) is 4.76. The average molecular weight is 220 g/mol. The molecule has 0 bridgehead atoms. The summed E-state index contributed by atoms with van der Waals surface area (Å²) < 4.78 is 0. The third-order valence-electron chi connectivity index (χ3n) is 1.93. The number of aromatic hydroxyl groups is 1. The summed E-state index contributed by atoms with van der Waals surface area (Å²) in [5, 5.41) is 9.73. The first-order valence-electron chi connectivity index (χ1n) is 4.00. The summed E-state index contributed by atoms with van der Waals surface area (Å²) in [4.78, 5) is 0. The van der Waals surface area contributed by atoms with E-state index in [-0.39, 0.29) is 16.8 Å². The van der Waals surface area contributed by atoms with Crippen LogP contribution in [0.25, 0.3) is 0 Å². The molecule has 1 atom stereocenters. The molecule has 0 aliphatic rings. The monoisotopic (exact) mass is 219 g/mol. The predicted molar refractivity (Wildman–Crippen MR) is 55.3 cm³/mol. The third kappa shape index (κ3) is 2.08. The quantitative estimate of drug-likeness (QED) is 0.804. The van der Waals surface area contributed by atoms with Crippen LogP contribution in [0.2, 0.25) is 10.0 Å². The summed E-state index contributed by atoms with van der Waals surface area (Å²) in [6.07, 6.45) is 0.779. The van der Waals surface area contributed by atoms with Crippen molar-refractivity contribution >= 4 is 23.2 Å². The van der Waals surface area contributed by atoms with E-state index in [9.17, 15) is 5.11 Å². The van der Waals surface area contributed by atoms with E-state index in [1.165, 1.54) is 6.07 Å². The molecule has 0 fully saturated rings. The Labute approximate surface area is 87.3 Å². The molecular weight excluding hydrogens is 209 g/mol. The van der Waals surface area contributed by atoms with Crippen LogP contribution in [0.15, 0.2) is 12.1 Å². The van der Waals surface area contributed by atoms with Gasteiger partial charge in [-0.2, -0.15) is 0 Å². The van der Waals surface area contributed by atoms with Gasteiger partial charge in [-0.05, 0) is 18.1 Å². The van der Waals surface area contributed by atoms with Gasteiger partial charge in [-0.15, -0.1) is 0 Å². The van der Waals surface area contributed by atoms with E-state index in [4.69, 9.17) is 28.9 Å². The lowest BCUT2D eigenvalue weighted by atomic mass is 10.1. The molecule has 72 valence electrons. The molecule has 0 heterocycles. The Bertz CT molecular complexity index is 315. The molecule has 1 aromatic carbocycles. The van der Waals surface area contributed by atoms with Crippen LogP contribution in [-0.2, 0) is 0 Å². The first kappa shape index (κ1) is 10.6. The van der Waals surface area contributed by atoms with E-state index < -0.39 is 0 Å². The fraction of sp³-hybridized carbons (Fsp3) is 0.333. The van der Waals surface area contributed by atoms with Crippen LogP contribution in [0.3, 0.4) is 0 Å². The summed E-state index contributed by atoms with van der Waals surface area (Å²) >= 11 is 11.6. The molecule has 0 saturated carbocycles. The number of phenols is 1. The molecule has 0 saturated heterocycles. The highest BCUT2D eigenvalue weighted by molar-refractivity contribution is 6.43. The minimum Gasteiger partial charge on any atom is -0.506 e. The highest BCUT2D eigenvalue weighted by Crippen LogP contribution is 2.36. The van der Waals surface area contributed by atoms with Gasteiger partial charge in [0.25, 0.3) is 0 Å². The van der Waals surface area contributed by atoms with Crippen molar-refractivity contribution in [3.8, 4) is 5.75 Å². The van der Waals surface area contributed by atoms with Gasteiger partial charge in [-0.3, -0.25) is 0 Å². The molecule has 0 aliphatic carbocycles. The van der Waals surface area contributed by atoms with Crippen molar-refractivity contribution in [2.75, 3.05) is 0 Å². The van der Waals surface area contributed by atoms with Gasteiger partial charge in [0.05, 0.1) is 5.02 Å². The van der Waals surface area contributed by atoms with Gasteiger partial charge in [0.2, 0.25) is 0 Å². The first-order chi connectivity index (χ1) is 6.07. The molecular formula is C9H11Cl2NO. The van der Waals surface area contributed by atoms with Crippen LogP contribution in [0.5, 0.6) is 5.75 Å². The Morgan fingerprint density at radius 2 is 2.00 bits per heavy atom. The maximum atomic E-state index is 9.22. The van der Waals surface area contributed by atoms with E-state index in [0.717, 1.165) is 12.0 Å². The molecule has 0 radical (unpaired) electrons. The zero-order valence-electron chi connectivity index (χ0n) is 7.22. The Morgan fingerprint density at radius 1 is 1.38 bits per heavy atom. The van der Waals surface area contributed by atoms with Gasteiger partial charge >= 0.3 is 0 Å². The van der Waals surface area contributed by atoms with E-state index in [0.29, 0.717) is 5.02 Å². The lowest BCUT2D eigenvalue weighted by Crippen LogP contribution is -2.09.